The Kier molecular flexibility index (Phi) is 10.3. The molecule has 7 nitrogen and oxygen atoms in total. The van der Waals surface area contributed by atoms with E-state index in [-0.39, 0.29) is 47.5 Å². The molecule has 0 unspecified atom stereocenters. The SMILES string of the molecule is CN=C(NCC(=O)NC(C)(C)C)NCC1(N2CCOCC2)CCCCC1.I. The van der Waals surface area contributed by atoms with Crippen LogP contribution >= 0.6 is 24.0 Å². The molecule has 0 radical (unpaired) electrons. The van der Waals surface area contributed by atoms with Gasteiger partial charge in [0.1, 0.15) is 0 Å². The van der Waals surface area contributed by atoms with Crippen LogP contribution in [0.25, 0.3) is 0 Å². The minimum Gasteiger partial charge on any atom is -0.379 e. The van der Waals surface area contributed by atoms with Crippen LogP contribution < -0.4 is 16.0 Å². The van der Waals surface area contributed by atoms with E-state index >= 15 is 0 Å². The van der Waals surface area contributed by atoms with Gasteiger partial charge in [0.2, 0.25) is 5.91 Å². The Hall–Kier alpha value is -0.610. The van der Waals surface area contributed by atoms with Crippen LogP contribution in [-0.4, -0.2) is 74.3 Å². The zero-order chi connectivity index (χ0) is 19.0. The molecule has 27 heavy (non-hydrogen) atoms. The number of nitrogens with one attached hydrogen (secondary N) is 3. The third-order valence-corrected chi connectivity index (χ3v) is 5.21. The number of guanidine groups is 1. The van der Waals surface area contributed by atoms with Crippen molar-refractivity contribution in [1.82, 2.24) is 20.9 Å². The summed E-state index contributed by atoms with van der Waals surface area (Å²) in [6.45, 7) is 10.7. The lowest BCUT2D eigenvalue weighted by Crippen LogP contribution is -2.60. The minimum absolute atomic E-state index is 0. The molecule has 2 aliphatic rings. The Balaban J connectivity index is 0.00000364. The summed E-state index contributed by atoms with van der Waals surface area (Å²) in [5.41, 5.74) is -0.0501. The molecule has 2 fully saturated rings. The van der Waals surface area contributed by atoms with Crippen molar-refractivity contribution < 1.29 is 9.53 Å². The summed E-state index contributed by atoms with van der Waals surface area (Å²) >= 11 is 0. The van der Waals surface area contributed by atoms with E-state index in [9.17, 15) is 4.79 Å². The highest BCUT2D eigenvalue weighted by Gasteiger charge is 2.38. The molecule has 0 bridgehead atoms. The third-order valence-electron chi connectivity index (χ3n) is 5.21. The molecule has 3 N–H and O–H groups in total. The second-order valence-corrected chi connectivity index (χ2v) is 8.46. The summed E-state index contributed by atoms with van der Waals surface area (Å²) in [4.78, 5) is 18.9. The molecule has 0 aromatic carbocycles. The lowest BCUT2D eigenvalue weighted by Gasteiger charge is -2.48. The van der Waals surface area contributed by atoms with E-state index in [2.05, 4.69) is 25.8 Å². The standard InChI is InChI=1S/C19H37N5O2.HI/c1-18(2,3)23-16(25)14-21-17(20-4)22-15-19(8-6-5-7-9-19)24-10-12-26-13-11-24;/h5-15H2,1-4H3,(H,23,25)(H2,20,21,22);1H. The highest BCUT2D eigenvalue weighted by molar-refractivity contribution is 14.0. The predicted octanol–water partition coefficient (Wildman–Crippen LogP) is 1.72. The number of hydrogen-bond donors (Lipinski definition) is 3. The maximum absolute atomic E-state index is 12.0. The van der Waals surface area contributed by atoms with Crippen LogP contribution in [0, 0.1) is 0 Å². The fourth-order valence-corrected chi connectivity index (χ4v) is 3.95. The van der Waals surface area contributed by atoms with Crippen molar-refractivity contribution in [3.05, 3.63) is 0 Å². The summed E-state index contributed by atoms with van der Waals surface area (Å²) in [7, 11) is 1.75. The van der Waals surface area contributed by atoms with Gasteiger partial charge in [0.15, 0.2) is 5.96 Å². The second kappa shape index (κ2) is 11.4. The number of carbonyl (C=O) groups excluding carboxylic acids is 1. The Morgan fingerprint density at radius 2 is 1.74 bits per heavy atom. The lowest BCUT2D eigenvalue weighted by molar-refractivity contribution is -0.121. The molecule has 158 valence electrons. The Bertz CT molecular complexity index is 481. The Labute approximate surface area is 181 Å². The van der Waals surface area contributed by atoms with Gasteiger partial charge in [-0.1, -0.05) is 19.3 Å². The maximum Gasteiger partial charge on any atom is 0.239 e. The minimum atomic E-state index is -0.224. The quantitative estimate of drug-likeness (QED) is 0.308. The molecule has 1 saturated heterocycles. The second-order valence-electron chi connectivity index (χ2n) is 8.46. The zero-order valence-electron chi connectivity index (χ0n) is 17.4. The van der Waals surface area contributed by atoms with Crippen LogP contribution in [0.4, 0.5) is 0 Å². The summed E-state index contributed by atoms with van der Waals surface area (Å²) in [5, 5.41) is 9.56. The molecule has 0 aromatic heterocycles. The Morgan fingerprint density at radius 1 is 1.11 bits per heavy atom. The molecule has 1 amide bonds. The first-order valence-corrected chi connectivity index (χ1v) is 9.93. The van der Waals surface area contributed by atoms with Crippen molar-refractivity contribution in [3.63, 3.8) is 0 Å². The van der Waals surface area contributed by atoms with Gasteiger partial charge in [-0.25, -0.2) is 0 Å². The summed E-state index contributed by atoms with van der Waals surface area (Å²) in [6, 6.07) is 0. The lowest BCUT2D eigenvalue weighted by atomic mass is 9.80. The molecule has 0 spiro atoms. The van der Waals surface area contributed by atoms with Gasteiger partial charge < -0.3 is 20.7 Å². The molecule has 1 heterocycles. The highest BCUT2D eigenvalue weighted by atomic mass is 127. The number of amides is 1. The third kappa shape index (κ3) is 8.11. The number of halogens is 1. The van der Waals surface area contributed by atoms with Crippen LogP contribution in [-0.2, 0) is 9.53 Å². The molecule has 1 saturated carbocycles. The van der Waals surface area contributed by atoms with E-state index in [4.69, 9.17) is 4.74 Å². The van der Waals surface area contributed by atoms with Gasteiger partial charge in [0.25, 0.3) is 0 Å². The molecule has 8 heteroatoms. The summed E-state index contributed by atoms with van der Waals surface area (Å²) in [6.07, 6.45) is 6.30. The van der Waals surface area contributed by atoms with Crippen LogP contribution in [0.5, 0.6) is 0 Å². The largest absolute Gasteiger partial charge is 0.379 e. The van der Waals surface area contributed by atoms with Gasteiger partial charge in [-0.05, 0) is 33.6 Å². The maximum atomic E-state index is 12.0. The molecule has 0 aromatic rings. The van der Waals surface area contributed by atoms with Crippen LogP contribution in [0.2, 0.25) is 0 Å². The van der Waals surface area contributed by atoms with Crippen LogP contribution in [0.15, 0.2) is 4.99 Å². The molecular weight excluding hydrogens is 457 g/mol. The smallest absolute Gasteiger partial charge is 0.239 e. The van der Waals surface area contributed by atoms with E-state index in [1.807, 2.05) is 20.8 Å². The van der Waals surface area contributed by atoms with Crippen molar-refractivity contribution in [2.24, 2.45) is 4.99 Å². The average molecular weight is 495 g/mol. The number of ether oxygens (including phenoxy) is 1. The fraction of sp³-hybridized carbons (Fsp3) is 0.895. The van der Waals surface area contributed by atoms with Gasteiger partial charge in [-0.3, -0.25) is 14.7 Å². The molecule has 0 atom stereocenters. The summed E-state index contributed by atoms with van der Waals surface area (Å²) in [5.74, 6) is 0.660. The number of rotatable bonds is 5. The topological polar surface area (TPSA) is 78.0 Å². The molecule has 1 aliphatic carbocycles. The molecule has 1 aliphatic heterocycles. The van der Waals surface area contributed by atoms with E-state index in [0.29, 0.717) is 5.96 Å². The van der Waals surface area contributed by atoms with Crippen molar-refractivity contribution in [3.8, 4) is 0 Å². The average Bonchev–Trinajstić information content (AvgIpc) is 2.62. The number of morpholine rings is 1. The van der Waals surface area contributed by atoms with E-state index in [1.54, 1.807) is 7.05 Å². The van der Waals surface area contributed by atoms with Crippen molar-refractivity contribution in [2.75, 3.05) is 46.4 Å². The molecular formula is C19H38IN5O2. The summed E-state index contributed by atoms with van der Waals surface area (Å²) < 4.78 is 5.54. The fourth-order valence-electron chi connectivity index (χ4n) is 3.95. The van der Waals surface area contributed by atoms with Crippen LogP contribution in [0.3, 0.4) is 0 Å². The predicted molar refractivity (Wildman–Crippen MR) is 121 cm³/mol. The first-order valence-electron chi connectivity index (χ1n) is 9.93. The number of hydrogen-bond acceptors (Lipinski definition) is 4. The highest BCUT2D eigenvalue weighted by Crippen LogP contribution is 2.33. The zero-order valence-corrected chi connectivity index (χ0v) is 19.7. The first kappa shape index (κ1) is 24.4. The van der Waals surface area contributed by atoms with Crippen molar-refractivity contribution >= 4 is 35.8 Å². The van der Waals surface area contributed by atoms with Gasteiger partial charge in [0, 0.05) is 37.8 Å². The van der Waals surface area contributed by atoms with E-state index in [0.717, 1.165) is 32.8 Å². The van der Waals surface area contributed by atoms with Gasteiger partial charge >= 0.3 is 0 Å². The van der Waals surface area contributed by atoms with Crippen molar-refractivity contribution in [1.29, 1.82) is 0 Å². The van der Waals surface area contributed by atoms with Gasteiger partial charge in [-0.2, -0.15) is 0 Å². The van der Waals surface area contributed by atoms with Gasteiger partial charge in [-0.15, -0.1) is 24.0 Å². The Morgan fingerprint density at radius 3 is 2.30 bits per heavy atom. The number of aliphatic imine (C=N–C) groups is 1. The van der Waals surface area contributed by atoms with Crippen LogP contribution in [0.1, 0.15) is 52.9 Å². The first-order chi connectivity index (χ1) is 12.3. The van der Waals surface area contributed by atoms with E-state index in [1.165, 1.54) is 32.1 Å². The monoisotopic (exact) mass is 495 g/mol. The van der Waals surface area contributed by atoms with Crippen molar-refractivity contribution in [2.45, 2.75) is 64.0 Å². The van der Waals surface area contributed by atoms with E-state index < -0.39 is 0 Å². The molecule has 2 rings (SSSR count). The normalized spacial score (nSPS) is 21.1. The number of carbonyl (C=O) groups is 1. The van der Waals surface area contributed by atoms with Gasteiger partial charge in [0.05, 0.1) is 19.8 Å². The number of nitrogens with zero attached hydrogens (tertiary/aromatic N) is 2.